The molecule has 0 fully saturated rings. The molecule has 0 unspecified atom stereocenters. The molecule has 0 aliphatic rings. The third-order valence-electron chi connectivity index (χ3n) is 3.55. The minimum atomic E-state index is -0.399. The summed E-state index contributed by atoms with van der Waals surface area (Å²) in [6.45, 7) is 1.44. The summed E-state index contributed by atoms with van der Waals surface area (Å²) in [5.74, 6) is -0.406. The van der Waals surface area contributed by atoms with Crippen LogP contribution in [0.4, 0.5) is 0 Å². The molecule has 6 nitrogen and oxygen atoms in total. The minimum absolute atomic E-state index is 0.108. The number of hydrogen-bond donors (Lipinski definition) is 1. The first-order valence-electron chi connectivity index (χ1n) is 7.31. The van der Waals surface area contributed by atoms with Crippen molar-refractivity contribution in [3.05, 3.63) is 60.2 Å². The van der Waals surface area contributed by atoms with E-state index in [2.05, 4.69) is 15.6 Å². The number of benzene rings is 2. The van der Waals surface area contributed by atoms with E-state index in [-0.39, 0.29) is 18.2 Å². The third kappa shape index (κ3) is 3.26. The summed E-state index contributed by atoms with van der Waals surface area (Å²) in [5.41, 5.74) is 2.20. The largest absolute Gasteiger partial charge is 0.349 e. The van der Waals surface area contributed by atoms with Gasteiger partial charge in [-0.15, -0.1) is 5.10 Å². The summed E-state index contributed by atoms with van der Waals surface area (Å²) in [7, 11) is 0. The van der Waals surface area contributed by atoms with Crippen molar-refractivity contribution in [3.63, 3.8) is 0 Å². The number of rotatable bonds is 4. The molecular formula is C17H16N4O2. The van der Waals surface area contributed by atoms with Crippen molar-refractivity contribution in [3.8, 4) is 0 Å². The first-order chi connectivity index (χ1) is 11.1. The fourth-order valence-electron chi connectivity index (χ4n) is 2.50. The van der Waals surface area contributed by atoms with Crippen LogP contribution in [0.3, 0.4) is 0 Å². The molecule has 6 heteroatoms. The van der Waals surface area contributed by atoms with Crippen LogP contribution < -0.4 is 5.32 Å². The maximum atomic E-state index is 12.6. The average molecular weight is 308 g/mol. The van der Waals surface area contributed by atoms with Crippen LogP contribution >= 0.6 is 0 Å². The van der Waals surface area contributed by atoms with Gasteiger partial charge in [-0.05, 0) is 17.7 Å². The maximum Gasteiger partial charge on any atom is 0.251 e. The molecule has 0 bridgehead atoms. The van der Waals surface area contributed by atoms with Crippen molar-refractivity contribution in [1.82, 2.24) is 20.3 Å². The van der Waals surface area contributed by atoms with Gasteiger partial charge in [-0.2, -0.15) is 4.68 Å². The number of hydrogen-bond acceptors (Lipinski definition) is 4. The van der Waals surface area contributed by atoms with Crippen molar-refractivity contribution in [2.24, 2.45) is 0 Å². The number of carbonyl (C=O) groups excluding carboxylic acids is 2. The quantitative estimate of drug-likeness (QED) is 0.802. The summed E-state index contributed by atoms with van der Waals surface area (Å²) >= 11 is 0. The van der Waals surface area contributed by atoms with E-state index in [1.807, 2.05) is 42.5 Å². The number of nitrogens with one attached hydrogen (secondary N) is 1. The molecule has 23 heavy (non-hydrogen) atoms. The fraction of sp³-hybridized carbons (Fsp3) is 0.176. The number of fused-ring (bicyclic) bond motifs is 1. The van der Waals surface area contributed by atoms with E-state index < -0.39 is 6.04 Å². The Morgan fingerprint density at radius 2 is 1.78 bits per heavy atom. The van der Waals surface area contributed by atoms with E-state index in [9.17, 15) is 9.59 Å². The van der Waals surface area contributed by atoms with Crippen LogP contribution in [0.2, 0.25) is 0 Å². The minimum Gasteiger partial charge on any atom is -0.349 e. The van der Waals surface area contributed by atoms with E-state index in [1.54, 1.807) is 12.1 Å². The van der Waals surface area contributed by atoms with Crippen molar-refractivity contribution >= 4 is 22.8 Å². The van der Waals surface area contributed by atoms with Gasteiger partial charge in [0.05, 0.1) is 18.0 Å². The second kappa shape index (κ2) is 6.39. The summed E-state index contributed by atoms with van der Waals surface area (Å²) in [6.07, 6.45) is 0.108. The SMILES string of the molecule is CC(=O)N[C@@H](CC(=O)n1nnc2ccccc21)c1ccccc1. The molecule has 2 aromatic carbocycles. The second-order valence-corrected chi connectivity index (χ2v) is 5.25. The Labute approximate surface area is 133 Å². The van der Waals surface area contributed by atoms with Gasteiger partial charge in [0.1, 0.15) is 5.52 Å². The van der Waals surface area contributed by atoms with Gasteiger partial charge >= 0.3 is 0 Å². The predicted molar refractivity (Wildman–Crippen MR) is 85.8 cm³/mol. The second-order valence-electron chi connectivity index (χ2n) is 5.25. The molecule has 3 aromatic rings. The summed E-state index contributed by atoms with van der Waals surface area (Å²) in [4.78, 5) is 24.0. The molecule has 1 heterocycles. The number of amides is 1. The predicted octanol–water partition coefficient (Wildman–Crippen LogP) is 2.34. The first-order valence-corrected chi connectivity index (χ1v) is 7.31. The smallest absolute Gasteiger partial charge is 0.251 e. The Hall–Kier alpha value is -3.02. The fourth-order valence-corrected chi connectivity index (χ4v) is 2.50. The van der Waals surface area contributed by atoms with Gasteiger partial charge in [0.15, 0.2) is 0 Å². The molecule has 0 spiro atoms. The number of nitrogens with zero attached hydrogens (tertiary/aromatic N) is 3. The Balaban J connectivity index is 1.87. The summed E-state index contributed by atoms with van der Waals surface area (Å²) in [5, 5.41) is 10.7. The standard InChI is InChI=1S/C17H16N4O2/c1-12(22)18-15(13-7-3-2-4-8-13)11-17(23)21-16-10-6-5-9-14(16)19-20-21/h2-10,15H,11H2,1H3,(H,18,22)/t15-/m0/s1. The molecule has 1 amide bonds. The van der Waals surface area contributed by atoms with Crippen LogP contribution in [0.15, 0.2) is 54.6 Å². The lowest BCUT2D eigenvalue weighted by Gasteiger charge is -2.17. The first kappa shape index (κ1) is 14.9. The summed E-state index contributed by atoms with van der Waals surface area (Å²) in [6, 6.07) is 16.3. The van der Waals surface area contributed by atoms with E-state index >= 15 is 0 Å². The van der Waals surface area contributed by atoms with E-state index in [1.165, 1.54) is 11.6 Å². The lowest BCUT2D eigenvalue weighted by Crippen LogP contribution is -2.29. The molecule has 1 N–H and O–H groups in total. The van der Waals surface area contributed by atoms with Crippen LogP contribution in [0.1, 0.15) is 29.7 Å². The monoisotopic (exact) mass is 308 g/mol. The third-order valence-corrected chi connectivity index (χ3v) is 3.55. The molecule has 3 rings (SSSR count). The Kier molecular flexibility index (Phi) is 4.14. The molecule has 0 saturated heterocycles. The molecule has 0 radical (unpaired) electrons. The molecule has 1 aromatic heterocycles. The number of para-hydroxylation sites is 1. The van der Waals surface area contributed by atoms with E-state index in [0.717, 1.165) is 5.56 Å². The van der Waals surface area contributed by atoms with Crippen molar-refractivity contribution < 1.29 is 9.59 Å². The molecule has 1 atom stereocenters. The lowest BCUT2D eigenvalue weighted by atomic mass is 10.0. The van der Waals surface area contributed by atoms with Crippen LogP contribution in [0.5, 0.6) is 0 Å². The van der Waals surface area contributed by atoms with Crippen molar-refractivity contribution in [2.75, 3.05) is 0 Å². The Morgan fingerprint density at radius 1 is 1.09 bits per heavy atom. The van der Waals surface area contributed by atoms with Gasteiger partial charge in [0.2, 0.25) is 5.91 Å². The van der Waals surface area contributed by atoms with E-state index in [0.29, 0.717) is 11.0 Å². The highest BCUT2D eigenvalue weighted by Gasteiger charge is 2.20. The molecule has 116 valence electrons. The van der Waals surface area contributed by atoms with Crippen molar-refractivity contribution in [1.29, 1.82) is 0 Å². The Morgan fingerprint density at radius 3 is 2.52 bits per heavy atom. The van der Waals surface area contributed by atoms with Crippen LogP contribution in [0, 0.1) is 0 Å². The summed E-state index contributed by atoms with van der Waals surface area (Å²) < 4.78 is 1.28. The average Bonchev–Trinajstić information content (AvgIpc) is 2.99. The van der Waals surface area contributed by atoms with Gasteiger partial charge < -0.3 is 5.32 Å². The van der Waals surface area contributed by atoms with Crippen LogP contribution in [-0.2, 0) is 4.79 Å². The van der Waals surface area contributed by atoms with Crippen LogP contribution in [-0.4, -0.2) is 26.8 Å². The highest BCUT2D eigenvalue weighted by Crippen LogP contribution is 2.19. The van der Waals surface area contributed by atoms with Crippen molar-refractivity contribution in [2.45, 2.75) is 19.4 Å². The van der Waals surface area contributed by atoms with Gasteiger partial charge in [-0.3, -0.25) is 9.59 Å². The highest BCUT2D eigenvalue weighted by molar-refractivity contribution is 5.89. The van der Waals surface area contributed by atoms with Gasteiger partial charge in [0, 0.05) is 6.92 Å². The van der Waals surface area contributed by atoms with Gasteiger partial charge in [-0.1, -0.05) is 47.7 Å². The normalized spacial score (nSPS) is 12.0. The van der Waals surface area contributed by atoms with Crippen LogP contribution in [0.25, 0.3) is 11.0 Å². The molecule has 0 aliphatic heterocycles. The highest BCUT2D eigenvalue weighted by atomic mass is 16.2. The molecule has 0 saturated carbocycles. The molecular weight excluding hydrogens is 292 g/mol. The maximum absolute atomic E-state index is 12.6. The topological polar surface area (TPSA) is 76.9 Å². The lowest BCUT2D eigenvalue weighted by molar-refractivity contribution is -0.119. The zero-order valence-corrected chi connectivity index (χ0v) is 12.6. The van der Waals surface area contributed by atoms with Gasteiger partial charge in [0.25, 0.3) is 5.91 Å². The van der Waals surface area contributed by atoms with E-state index in [4.69, 9.17) is 0 Å². The molecule has 0 aliphatic carbocycles. The zero-order chi connectivity index (χ0) is 16.2. The number of aromatic nitrogens is 3. The van der Waals surface area contributed by atoms with Gasteiger partial charge in [-0.25, -0.2) is 0 Å². The number of carbonyl (C=O) groups is 2. The zero-order valence-electron chi connectivity index (χ0n) is 12.6. The Bertz CT molecular complexity index is 842.